The molecule has 2 unspecified atom stereocenters. The molecule has 32 heavy (non-hydrogen) atoms. The molecule has 1 aromatic carbocycles. The first kappa shape index (κ1) is 22.2. The molecule has 3 atom stereocenters. The number of carboxylic acid groups (broad SMARTS) is 1. The molecule has 4 rings (SSSR count). The SMILES string of the molecule is CCOCCCN1C(=O)C(c2ccc3c(c2)OCO3)[C@@H](C(=O)O)C1C1=CC=C(OC)CC1. The zero-order valence-corrected chi connectivity index (χ0v) is 18.4. The molecule has 2 heterocycles. The topological polar surface area (TPSA) is 94.5 Å². The highest BCUT2D eigenvalue weighted by Crippen LogP contribution is 2.45. The van der Waals surface area contributed by atoms with Gasteiger partial charge in [0, 0.05) is 26.2 Å². The molecule has 2 aliphatic heterocycles. The Morgan fingerprint density at radius 2 is 2.03 bits per heavy atom. The fourth-order valence-electron chi connectivity index (χ4n) is 4.79. The standard InChI is InChI=1S/C24H29NO7/c1-3-30-12-4-11-25-22(15-5-8-17(29-2)9-6-15)21(24(27)28)20(23(25)26)16-7-10-18-19(13-16)32-14-31-18/h5,7-8,10,13,20-22H,3-4,6,9,11-12,14H2,1-2H3,(H,27,28)/t20?,21-,22?/m1/s1. The number of fused-ring (bicyclic) bond motifs is 1. The number of carbonyl (C=O) groups excluding carboxylic acids is 1. The van der Waals surface area contributed by atoms with Crippen LogP contribution in [0, 0.1) is 5.92 Å². The summed E-state index contributed by atoms with van der Waals surface area (Å²) in [4.78, 5) is 27.9. The summed E-state index contributed by atoms with van der Waals surface area (Å²) in [6.45, 7) is 3.60. The Morgan fingerprint density at radius 3 is 2.72 bits per heavy atom. The molecule has 172 valence electrons. The number of carboxylic acids is 1. The molecule has 1 fully saturated rings. The van der Waals surface area contributed by atoms with E-state index in [0.29, 0.717) is 56.1 Å². The molecule has 3 aliphatic rings. The van der Waals surface area contributed by atoms with Crippen LogP contribution in [-0.2, 0) is 19.1 Å². The van der Waals surface area contributed by atoms with Crippen LogP contribution in [0.1, 0.15) is 37.7 Å². The van der Waals surface area contributed by atoms with E-state index >= 15 is 0 Å². The van der Waals surface area contributed by atoms with Crippen LogP contribution in [0.2, 0.25) is 0 Å². The molecule has 0 radical (unpaired) electrons. The van der Waals surface area contributed by atoms with E-state index in [4.69, 9.17) is 18.9 Å². The fourth-order valence-corrected chi connectivity index (χ4v) is 4.79. The Bertz CT molecular complexity index is 938. The van der Waals surface area contributed by atoms with Crippen LogP contribution in [0.5, 0.6) is 11.5 Å². The average Bonchev–Trinajstić information content (AvgIpc) is 3.38. The Labute approximate surface area is 187 Å². The number of hydrogen-bond acceptors (Lipinski definition) is 6. The maximum Gasteiger partial charge on any atom is 0.310 e. The zero-order chi connectivity index (χ0) is 22.7. The van der Waals surface area contributed by atoms with Crippen molar-refractivity contribution >= 4 is 11.9 Å². The van der Waals surface area contributed by atoms with Gasteiger partial charge >= 0.3 is 5.97 Å². The summed E-state index contributed by atoms with van der Waals surface area (Å²) in [6, 6.07) is 4.72. The lowest BCUT2D eigenvalue weighted by Gasteiger charge is -2.30. The summed E-state index contributed by atoms with van der Waals surface area (Å²) < 4.78 is 21.6. The van der Waals surface area contributed by atoms with Crippen molar-refractivity contribution in [2.75, 3.05) is 33.7 Å². The molecular weight excluding hydrogens is 414 g/mol. The van der Waals surface area contributed by atoms with E-state index in [1.165, 1.54) is 0 Å². The number of benzene rings is 1. The lowest BCUT2D eigenvalue weighted by Crippen LogP contribution is -2.40. The van der Waals surface area contributed by atoms with Gasteiger partial charge in [-0.25, -0.2) is 0 Å². The summed E-state index contributed by atoms with van der Waals surface area (Å²) in [5.74, 6) is -0.883. The molecule has 0 bridgehead atoms. The lowest BCUT2D eigenvalue weighted by molar-refractivity contribution is -0.143. The van der Waals surface area contributed by atoms with Crippen molar-refractivity contribution in [1.29, 1.82) is 0 Å². The minimum atomic E-state index is -0.985. The predicted molar refractivity (Wildman–Crippen MR) is 115 cm³/mol. The molecule has 1 aliphatic carbocycles. The van der Waals surface area contributed by atoms with Crippen LogP contribution in [0.3, 0.4) is 0 Å². The van der Waals surface area contributed by atoms with Gasteiger partial charge in [0.15, 0.2) is 11.5 Å². The lowest BCUT2D eigenvalue weighted by atomic mass is 9.80. The van der Waals surface area contributed by atoms with E-state index in [-0.39, 0.29) is 12.7 Å². The third-order valence-corrected chi connectivity index (χ3v) is 6.30. The predicted octanol–water partition coefficient (Wildman–Crippen LogP) is 3.09. The van der Waals surface area contributed by atoms with Gasteiger partial charge in [-0.05, 0) is 49.1 Å². The van der Waals surface area contributed by atoms with Gasteiger partial charge in [0.1, 0.15) is 0 Å². The average molecular weight is 443 g/mol. The minimum Gasteiger partial charge on any atom is -0.501 e. The van der Waals surface area contributed by atoms with Crippen molar-refractivity contribution < 1.29 is 33.6 Å². The molecular formula is C24H29NO7. The van der Waals surface area contributed by atoms with Crippen molar-refractivity contribution in [2.24, 2.45) is 5.92 Å². The maximum absolute atomic E-state index is 13.6. The van der Waals surface area contributed by atoms with Gasteiger partial charge < -0.3 is 29.0 Å². The molecule has 0 saturated carbocycles. The van der Waals surface area contributed by atoms with Crippen molar-refractivity contribution in [3.05, 3.63) is 47.2 Å². The number of ether oxygens (including phenoxy) is 4. The molecule has 8 nitrogen and oxygen atoms in total. The van der Waals surface area contributed by atoms with Crippen LogP contribution in [0.4, 0.5) is 0 Å². The number of rotatable bonds is 9. The van der Waals surface area contributed by atoms with E-state index in [9.17, 15) is 14.7 Å². The van der Waals surface area contributed by atoms with Gasteiger partial charge in [-0.1, -0.05) is 12.1 Å². The second kappa shape index (κ2) is 9.65. The van der Waals surface area contributed by atoms with Crippen molar-refractivity contribution in [3.63, 3.8) is 0 Å². The van der Waals surface area contributed by atoms with E-state index < -0.39 is 23.8 Å². The smallest absolute Gasteiger partial charge is 0.310 e. The van der Waals surface area contributed by atoms with Crippen LogP contribution in [-0.4, -0.2) is 61.6 Å². The van der Waals surface area contributed by atoms with Crippen LogP contribution < -0.4 is 9.47 Å². The number of hydrogen-bond donors (Lipinski definition) is 1. The van der Waals surface area contributed by atoms with E-state index in [2.05, 4.69) is 0 Å². The van der Waals surface area contributed by atoms with E-state index in [1.807, 2.05) is 19.1 Å². The first-order valence-electron chi connectivity index (χ1n) is 11.0. The first-order valence-corrected chi connectivity index (χ1v) is 11.0. The highest BCUT2D eigenvalue weighted by atomic mass is 16.7. The summed E-state index contributed by atoms with van der Waals surface area (Å²) in [7, 11) is 1.62. The number of aliphatic carboxylic acids is 1. The number of carbonyl (C=O) groups is 2. The summed E-state index contributed by atoms with van der Waals surface area (Å²) in [6.07, 6.45) is 5.75. The third kappa shape index (κ3) is 4.19. The molecule has 0 aromatic heterocycles. The van der Waals surface area contributed by atoms with Gasteiger partial charge in [-0.15, -0.1) is 0 Å². The Hall–Kier alpha value is -3.00. The van der Waals surface area contributed by atoms with Crippen molar-refractivity contribution in [2.45, 2.75) is 38.1 Å². The third-order valence-electron chi connectivity index (χ3n) is 6.30. The Kier molecular flexibility index (Phi) is 6.69. The summed E-state index contributed by atoms with van der Waals surface area (Å²) in [5, 5.41) is 10.3. The number of amides is 1. The normalized spacial score (nSPS) is 24.4. The largest absolute Gasteiger partial charge is 0.501 e. The van der Waals surface area contributed by atoms with Crippen LogP contribution >= 0.6 is 0 Å². The highest BCUT2D eigenvalue weighted by Gasteiger charge is 2.53. The van der Waals surface area contributed by atoms with Gasteiger partial charge in [-0.2, -0.15) is 0 Å². The molecule has 1 N–H and O–H groups in total. The fraction of sp³-hybridized carbons (Fsp3) is 0.500. The summed E-state index contributed by atoms with van der Waals surface area (Å²) >= 11 is 0. The minimum absolute atomic E-state index is 0.118. The molecule has 1 amide bonds. The van der Waals surface area contributed by atoms with Crippen molar-refractivity contribution in [1.82, 2.24) is 4.90 Å². The second-order valence-corrected chi connectivity index (χ2v) is 8.06. The number of allylic oxidation sites excluding steroid dienone is 3. The van der Waals surface area contributed by atoms with Crippen LogP contribution in [0.15, 0.2) is 41.7 Å². The molecule has 1 saturated heterocycles. The van der Waals surface area contributed by atoms with Crippen molar-refractivity contribution in [3.8, 4) is 11.5 Å². The first-order chi connectivity index (χ1) is 15.5. The number of likely N-dealkylation sites (tertiary alicyclic amines) is 1. The van der Waals surface area contributed by atoms with E-state index in [0.717, 1.165) is 11.3 Å². The maximum atomic E-state index is 13.6. The molecule has 8 heteroatoms. The van der Waals surface area contributed by atoms with Crippen LogP contribution in [0.25, 0.3) is 0 Å². The highest BCUT2D eigenvalue weighted by molar-refractivity contribution is 5.94. The van der Waals surface area contributed by atoms with Gasteiger partial charge in [0.2, 0.25) is 12.7 Å². The number of nitrogens with zero attached hydrogens (tertiary/aromatic N) is 1. The Morgan fingerprint density at radius 1 is 1.22 bits per heavy atom. The van der Waals surface area contributed by atoms with Gasteiger partial charge in [0.25, 0.3) is 0 Å². The molecule has 0 spiro atoms. The van der Waals surface area contributed by atoms with Gasteiger partial charge in [0.05, 0.1) is 30.7 Å². The quantitative estimate of drug-likeness (QED) is 0.586. The number of methoxy groups -OCH3 is 1. The Balaban J connectivity index is 1.70. The van der Waals surface area contributed by atoms with Gasteiger partial charge in [-0.3, -0.25) is 9.59 Å². The monoisotopic (exact) mass is 443 g/mol. The second-order valence-electron chi connectivity index (χ2n) is 8.06. The zero-order valence-electron chi connectivity index (χ0n) is 18.4. The van der Waals surface area contributed by atoms with E-state index in [1.54, 1.807) is 30.2 Å². The molecule has 1 aromatic rings. The summed E-state index contributed by atoms with van der Waals surface area (Å²) in [5.41, 5.74) is 1.57.